The summed E-state index contributed by atoms with van der Waals surface area (Å²) in [5.41, 5.74) is 1.70. The first-order chi connectivity index (χ1) is 9.93. The van der Waals surface area contributed by atoms with Crippen LogP contribution in [0.1, 0.15) is 23.2 Å². The van der Waals surface area contributed by atoms with Crippen LogP contribution in [0.5, 0.6) is 0 Å². The van der Waals surface area contributed by atoms with Gasteiger partial charge in [0.2, 0.25) is 10.0 Å². The number of aldehydes is 1. The average molecular weight is 308 g/mol. The maximum absolute atomic E-state index is 11.7. The topological polar surface area (TPSA) is 57.7 Å². The predicted octanol–water partition coefficient (Wildman–Crippen LogP) is 1.36. The molecule has 0 bridgehead atoms. The summed E-state index contributed by atoms with van der Waals surface area (Å²) in [6.45, 7) is 2.92. The number of benzene rings is 1. The van der Waals surface area contributed by atoms with Crippen molar-refractivity contribution in [2.45, 2.75) is 12.8 Å². The van der Waals surface area contributed by atoms with Crippen molar-refractivity contribution in [3.63, 3.8) is 0 Å². The van der Waals surface area contributed by atoms with Gasteiger partial charge in [-0.05, 0) is 25.0 Å². The zero-order valence-corrected chi connectivity index (χ0v) is 13.0. The van der Waals surface area contributed by atoms with E-state index < -0.39 is 10.0 Å². The van der Waals surface area contributed by atoms with Crippen molar-refractivity contribution in [1.82, 2.24) is 4.31 Å². The summed E-state index contributed by atoms with van der Waals surface area (Å²) < 4.78 is 25.0. The van der Waals surface area contributed by atoms with Crippen molar-refractivity contribution in [3.05, 3.63) is 29.8 Å². The number of sulfonamides is 1. The molecule has 2 aliphatic heterocycles. The van der Waals surface area contributed by atoms with E-state index >= 15 is 0 Å². The van der Waals surface area contributed by atoms with Gasteiger partial charge in [0.15, 0.2) is 6.29 Å². The van der Waals surface area contributed by atoms with E-state index in [1.165, 1.54) is 6.26 Å². The lowest BCUT2D eigenvalue weighted by Gasteiger charge is -2.25. The molecule has 6 heteroatoms. The Kier molecular flexibility index (Phi) is 3.53. The third-order valence-electron chi connectivity index (χ3n) is 4.72. The van der Waals surface area contributed by atoms with Crippen LogP contribution in [0.2, 0.25) is 0 Å². The minimum atomic E-state index is -3.10. The third-order valence-corrected chi connectivity index (χ3v) is 5.96. The largest absolute Gasteiger partial charge is 0.370 e. The van der Waals surface area contributed by atoms with Crippen LogP contribution in [-0.2, 0) is 10.0 Å². The second-order valence-electron chi connectivity index (χ2n) is 6.19. The Hall–Kier alpha value is -1.40. The second kappa shape index (κ2) is 5.10. The molecular formula is C15H20N2O3S. The van der Waals surface area contributed by atoms with E-state index in [-0.39, 0.29) is 5.41 Å². The maximum atomic E-state index is 11.7. The van der Waals surface area contributed by atoms with Gasteiger partial charge >= 0.3 is 0 Å². The van der Waals surface area contributed by atoms with Crippen LogP contribution in [-0.4, -0.2) is 51.4 Å². The van der Waals surface area contributed by atoms with Crippen molar-refractivity contribution in [1.29, 1.82) is 0 Å². The monoisotopic (exact) mass is 308 g/mol. The van der Waals surface area contributed by atoms with Gasteiger partial charge in [0.05, 0.1) is 6.26 Å². The first kappa shape index (κ1) is 14.5. The first-order valence-electron chi connectivity index (χ1n) is 7.18. The fourth-order valence-corrected chi connectivity index (χ4v) is 4.46. The van der Waals surface area contributed by atoms with Gasteiger partial charge in [-0.3, -0.25) is 4.79 Å². The van der Waals surface area contributed by atoms with Crippen molar-refractivity contribution >= 4 is 22.0 Å². The molecule has 0 aromatic heterocycles. The maximum Gasteiger partial charge on any atom is 0.211 e. The van der Waals surface area contributed by atoms with Crippen LogP contribution in [0, 0.1) is 5.41 Å². The normalized spacial score (nSPS) is 26.6. The molecule has 1 spiro atoms. The molecule has 0 N–H and O–H groups in total. The fraction of sp³-hybridized carbons (Fsp3) is 0.533. The molecule has 2 aliphatic rings. The van der Waals surface area contributed by atoms with Crippen molar-refractivity contribution in [3.8, 4) is 0 Å². The molecular weight excluding hydrogens is 288 g/mol. The number of rotatable bonds is 3. The van der Waals surface area contributed by atoms with E-state index in [1.54, 1.807) is 4.31 Å². The molecule has 114 valence electrons. The number of nitrogens with zero attached hydrogens (tertiary/aromatic N) is 2. The summed E-state index contributed by atoms with van der Waals surface area (Å²) in [4.78, 5) is 13.4. The lowest BCUT2D eigenvalue weighted by molar-refractivity contribution is 0.112. The molecule has 0 saturated carbocycles. The number of hydrogen-bond donors (Lipinski definition) is 0. The van der Waals surface area contributed by atoms with E-state index in [9.17, 15) is 13.2 Å². The van der Waals surface area contributed by atoms with Crippen LogP contribution in [0.15, 0.2) is 24.3 Å². The SMILES string of the molecule is CS(=O)(=O)N1CCC2(CCN(c3ccccc3C=O)C2)C1. The lowest BCUT2D eigenvalue weighted by atomic mass is 9.86. The first-order valence-corrected chi connectivity index (χ1v) is 9.03. The van der Waals surface area contributed by atoms with Crippen molar-refractivity contribution in [2.24, 2.45) is 5.41 Å². The molecule has 0 aliphatic carbocycles. The van der Waals surface area contributed by atoms with Crippen LogP contribution in [0.3, 0.4) is 0 Å². The summed E-state index contributed by atoms with van der Waals surface area (Å²) >= 11 is 0. The number of hydrogen-bond acceptors (Lipinski definition) is 4. The van der Waals surface area contributed by atoms with E-state index in [1.807, 2.05) is 24.3 Å². The molecule has 2 fully saturated rings. The Bertz CT molecular complexity index is 659. The van der Waals surface area contributed by atoms with E-state index in [4.69, 9.17) is 0 Å². The molecule has 0 amide bonds. The molecule has 21 heavy (non-hydrogen) atoms. The molecule has 1 aromatic rings. The van der Waals surface area contributed by atoms with Gasteiger partial charge in [0, 0.05) is 42.8 Å². The Morgan fingerprint density at radius 1 is 1.14 bits per heavy atom. The highest BCUT2D eigenvalue weighted by atomic mass is 32.2. The third kappa shape index (κ3) is 2.70. The number of para-hydroxylation sites is 1. The van der Waals surface area contributed by atoms with Gasteiger partial charge in [0.1, 0.15) is 0 Å². The summed E-state index contributed by atoms with van der Waals surface area (Å²) in [6, 6.07) is 7.58. The molecule has 1 aromatic carbocycles. The fourth-order valence-electron chi connectivity index (χ4n) is 3.53. The van der Waals surface area contributed by atoms with Crippen LogP contribution in [0.4, 0.5) is 5.69 Å². The Morgan fingerprint density at radius 2 is 1.86 bits per heavy atom. The van der Waals surface area contributed by atoms with Gasteiger partial charge in [0.25, 0.3) is 0 Å². The summed E-state index contributed by atoms with van der Waals surface area (Å²) in [5.74, 6) is 0. The van der Waals surface area contributed by atoms with Crippen molar-refractivity contribution in [2.75, 3.05) is 37.3 Å². The average Bonchev–Trinajstić information content (AvgIpc) is 3.06. The molecule has 1 unspecified atom stereocenters. The molecule has 1 atom stereocenters. The van der Waals surface area contributed by atoms with Gasteiger partial charge in [-0.15, -0.1) is 0 Å². The van der Waals surface area contributed by atoms with Crippen molar-refractivity contribution < 1.29 is 13.2 Å². The Balaban J connectivity index is 1.79. The highest BCUT2D eigenvalue weighted by molar-refractivity contribution is 7.88. The molecule has 3 rings (SSSR count). The molecule has 2 heterocycles. The predicted molar refractivity (Wildman–Crippen MR) is 82.1 cm³/mol. The highest BCUT2D eigenvalue weighted by Crippen LogP contribution is 2.42. The minimum Gasteiger partial charge on any atom is -0.370 e. The minimum absolute atomic E-state index is 0.0407. The number of carbonyl (C=O) groups excluding carboxylic acids is 1. The van der Waals surface area contributed by atoms with Gasteiger partial charge in [-0.1, -0.05) is 12.1 Å². The van der Waals surface area contributed by atoms with E-state index in [0.717, 1.165) is 37.9 Å². The number of anilines is 1. The molecule has 0 radical (unpaired) electrons. The van der Waals surface area contributed by atoms with Gasteiger partial charge < -0.3 is 4.90 Å². The van der Waals surface area contributed by atoms with E-state index in [0.29, 0.717) is 18.7 Å². The summed E-state index contributed by atoms with van der Waals surface area (Å²) in [5, 5.41) is 0. The second-order valence-corrected chi connectivity index (χ2v) is 8.18. The quantitative estimate of drug-likeness (QED) is 0.791. The van der Waals surface area contributed by atoms with E-state index in [2.05, 4.69) is 4.90 Å². The summed E-state index contributed by atoms with van der Waals surface area (Å²) in [7, 11) is -3.10. The van der Waals surface area contributed by atoms with Gasteiger partial charge in [-0.25, -0.2) is 12.7 Å². The molecule has 5 nitrogen and oxygen atoms in total. The Morgan fingerprint density at radius 3 is 2.52 bits per heavy atom. The smallest absolute Gasteiger partial charge is 0.211 e. The lowest BCUT2D eigenvalue weighted by Crippen LogP contribution is -2.33. The highest BCUT2D eigenvalue weighted by Gasteiger charge is 2.45. The zero-order valence-electron chi connectivity index (χ0n) is 12.2. The zero-order chi connectivity index (χ0) is 15.1. The van der Waals surface area contributed by atoms with Crippen LogP contribution in [0.25, 0.3) is 0 Å². The van der Waals surface area contributed by atoms with Crippen LogP contribution < -0.4 is 4.90 Å². The summed E-state index contributed by atoms with van der Waals surface area (Å²) in [6.07, 6.45) is 4.05. The number of carbonyl (C=O) groups is 1. The van der Waals surface area contributed by atoms with Crippen LogP contribution >= 0.6 is 0 Å². The molecule has 2 saturated heterocycles. The Labute approximate surface area is 125 Å². The standard InChI is InChI=1S/C15H20N2O3S/c1-21(19,20)17-9-7-15(12-17)6-8-16(11-15)14-5-3-2-4-13(14)10-18/h2-5,10H,6-9,11-12H2,1H3. The van der Waals surface area contributed by atoms with Gasteiger partial charge in [-0.2, -0.15) is 0 Å².